The Labute approximate surface area is 143 Å². The summed E-state index contributed by atoms with van der Waals surface area (Å²) in [6.07, 6.45) is 0. The number of amides is 1. The Morgan fingerprint density at radius 2 is 1.71 bits per heavy atom. The number of nitrogens with zero attached hydrogens (tertiary/aromatic N) is 1. The second-order valence-corrected chi connectivity index (χ2v) is 5.67. The zero-order chi connectivity index (χ0) is 17.5. The molecule has 128 valence electrons. The standard InChI is InChI=1S/C19H24N2O3/c1-21(2)16(13-20-19(22)14-8-6-5-7-9-14)15-10-11-17(23-3)18(12-15)24-4/h5-12,16H,13H2,1-4H3,(H,20,22). The Balaban J connectivity index is 2.14. The lowest BCUT2D eigenvalue weighted by Crippen LogP contribution is -2.34. The zero-order valence-corrected chi connectivity index (χ0v) is 14.6. The number of carbonyl (C=O) groups excluding carboxylic acids is 1. The van der Waals surface area contributed by atoms with Gasteiger partial charge in [0.15, 0.2) is 11.5 Å². The molecule has 1 amide bonds. The van der Waals surface area contributed by atoms with E-state index in [1.54, 1.807) is 26.4 Å². The van der Waals surface area contributed by atoms with Crippen molar-refractivity contribution < 1.29 is 14.3 Å². The lowest BCUT2D eigenvalue weighted by atomic mass is 10.0. The second kappa shape index (κ2) is 8.36. The van der Waals surface area contributed by atoms with Crippen LogP contribution < -0.4 is 14.8 Å². The molecule has 0 aliphatic heterocycles. The molecule has 2 aromatic carbocycles. The van der Waals surface area contributed by atoms with E-state index in [9.17, 15) is 4.79 Å². The summed E-state index contributed by atoms with van der Waals surface area (Å²) in [4.78, 5) is 14.3. The third-order valence-electron chi connectivity index (χ3n) is 3.91. The minimum absolute atomic E-state index is 0.0254. The number of hydrogen-bond acceptors (Lipinski definition) is 4. The van der Waals surface area contributed by atoms with Gasteiger partial charge in [-0.25, -0.2) is 0 Å². The number of carbonyl (C=O) groups is 1. The summed E-state index contributed by atoms with van der Waals surface area (Å²) in [7, 11) is 7.19. The first kappa shape index (κ1) is 17.8. The molecule has 0 aliphatic carbocycles. The summed E-state index contributed by atoms with van der Waals surface area (Å²) < 4.78 is 10.6. The summed E-state index contributed by atoms with van der Waals surface area (Å²) in [6, 6.07) is 15.0. The average Bonchev–Trinajstić information content (AvgIpc) is 2.61. The Morgan fingerprint density at radius 3 is 2.29 bits per heavy atom. The summed E-state index contributed by atoms with van der Waals surface area (Å²) in [5.41, 5.74) is 1.70. The van der Waals surface area contributed by atoms with Crippen molar-refractivity contribution in [3.05, 3.63) is 59.7 Å². The maximum atomic E-state index is 12.3. The van der Waals surface area contributed by atoms with Crippen LogP contribution in [-0.2, 0) is 0 Å². The summed E-state index contributed by atoms with van der Waals surface area (Å²) in [5.74, 6) is 1.28. The SMILES string of the molecule is COc1ccc(C(CNC(=O)c2ccccc2)N(C)C)cc1OC. The fraction of sp³-hybridized carbons (Fsp3) is 0.316. The highest BCUT2D eigenvalue weighted by molar-refractivity contribution is 5.94. The first-order chi connectivity index (χ1) is 11.6. The minimum atomic E-state index is -0.0806. The van der Waals surface area contributed by atoms with E-state index in [0.717, 1.165) is 5.56 Å². The topological polar surface area (TPSA) is 50.8 Å². The molecular formula is C19H24N2O3. The Morgan fingerprint density at radius 1 is 1.04 bits per heavy atom. The number of hydrogen-bond donors (Lipinski definition) is 1. The van der Waals surface area contributed by atoms with Gasteiger partial charge >= 0.3 is 0 Å². The summed E-state index contributed by atoms with van der Waals surface area (Å²) in [6.45, 7) is 0.496. The van der Waals surface area contributed by atoms with Gasteiger partial charge < -0.3 is 19.7 Å². The summed E-state index contributed by atoms with van der Waals surface area (Å²) in [5, 5.41) is 2.99. The number of ether oxygens (including phenoxy) is 2. The largest absolute Gasteiger partial charge is 0.493 e. The van der Waals surface area contributed by atoms with Crippen molar-refractivity contribution in [3.63, 3.8) is 0 Å². The predicted octanol–water partition coefficient (Wildman–Crippen LogP) is 2.74. The molecular weight excluding hydrogens is 304 g/mol. The average molecular weight is 328 g/mol. The predicted molar refractivity (Wildman–Crippen MR) is 94.7 cm³/mol. The molecule has 2 rings (SSSR count). The van der Waals surface area contributed by atoms with E-state index in [4.69, 9.17) is 9.47 Å². The number of nitrogens with one attached hydrogen (secondary N) is 1. The van der Waals surface area contributed by atoms with E-state index in [1.807, 2.05) is 50.5 Å². The maximum absolute atomic E-state index is 12.3. The van der Waals surface area contributed by atoms with Crippen LogP contribution in [0, 0.1) is 0 Å². The molecule has 0 spiro atoms. The highest BCUT2D eigenvalue weighted by Gasteiger charge is 2.18. The van der Waals surface area contributed by atoms with Crippen molar-refractivity contribution >= 4 is 5.91 Å². The number of benzene rings is 2. The van der Waals surface area contributed by atoms with Gasteiger partial charge in [-0.3, -0.25) is 4.79 Å². The third kappa shape index (κ3) is 4.26. The van der Waals surface area contributed by atoms with E-state index in [0.29, 0.717) is 23.6 Å². The molecule has 0 aliphatic rings. The van der Waals surface area contributed by atoms with Gasteiger partial charge in [-0.1, -0.05) is 24.3 Å². The van der Waals surface area contributed by atoms with E-state index >= 15 is 0 Å². The third-order valence-corrected chi connectivity index (χ3v) is 3.91. The van der Waals surface area contributed by atoms with Crippen molar-refractivity contribution in [2.75, 3.05) is 34.9 Å². The van der Waals surface area contributed by atoms with Crippen LogP contribution in [0.5, 0.6) is 11.5 Å². The molecule has 0 aromatic heterocycles. The number of methoxy groups -OCH3 is 2. The van der Waals surface area contributed by atoms with Gasteiger partial charge in [0.25, 0.3) is 5.91 Å². The molecule has 5 heteroatoms. The molecule has 0 radical (unpaired) electrons. The van der Waals surface area contributed by atoms with Gasteiger partial charge in [-0.15, -0.1) is 0 Å². The minimum Gasteiger partial charge on any atom is -0.493 e. The highest BCUT2D eigenvalue weighted by atomic mass is 16.5. The van der Waals surface area contributed by atoms with Gasteiger partial charge in [-0.2, -0.15) is 0 Å². The van der Waals surface area contributed by atoms with E-state index in [2.05, 4.69) is 10.2 Å². The monoisotopic (exact) mass is 328 g/mol. The fourth-order valence-corrected chi connectivity index (χ4v) is 2.54. The van der Waals surface area contributed by atoms with E-state index in [1.165, 1.54) is 0 Å². The summed E-state index contributed by atoms with van der Waals surface area (Å²) >= 11 is 0. The number of rotatable bonds is 7. The quantitative estimate of drug-likeness (QED) is 0.849. The first-order valence-electron chi connectivity index (χ1n) is 7.78. The van der Waals surface area contributed by atoms with Crippen LogP contribution in [0.25, 0.3) is 0 Å². The fourth-order valence-electron chi connectivity index (χ4n) is 2.54. The van der Waals surface area contributed by atoms with Gasteiger partial charge in [0.2, 0.25) is 0 Å². The van der Waals surface area contributed by atoms with Crippen molar-refractivity contribution in [3.8, 4) is 11.5 Å². The van der Waals surface area contributed by atoms with Crippen molar-refractivity contribution in [1.29, 1.82) is 0 Å². The molecule has 0 bridgehead atoms. The van der Waals surface area contributed by atoms with Crippen molar-refractivity contribution in [1.82, 2.24) is 10.2 Å². The van der Waals surface area contributed by atoms with E-state index < -0.39 is 0 Å². The Hall–Kier alpha value is -2.53. The van der Waals surface area contributed by atoms with Crippen molar-refractivity contribution in [2.45, 2.75) is 6.04 Å². The maximum Gasteiger partial charge on any atom is 0.251 e. The molecule has 5 nitrogen and oxygen atoms in total. The van der Waals surface area contributed by atoms with Gasteiger partial charge in [0, 0.05) is 12.1 Å². The Bertz CT molecular complexity index is 672. The lowest BCUT2D eigenvalue weighted by Gasteiger charge is -2.26. The number of likely N-dealkylation sites (N-methyl/N-ethyl adjacent to an activating group) is 1. The molecule has 1 N–H and O–H groups in total. The van der Waals surface area contributed by atoms with Crippen LogP contribution >= 0.6 is 0 Å². The van der Waals surface area contributed by atoms with Crippen LogP contribution in [0.1, 0.15) is 22.0 Å². The highest BCUT2D eigenvalue weighted by Crippen LogP contribution is 2.31. The molecule has 24 heavy (non-hydrogen) atoms. The van der Waals surface area contributed by atoms with Crippen LogP contribution in [0.3, 0.4) is 0 Å². The van der Waals surface area contributed by atoms with Crippen LogP contribution in [-0.4, -0.2) is 45.7 Å². The van der Waals surface area contributed by atoms with Crippen LogP contribution in [0.15, 0.2) is 48.5 Å². The Kier molecular flexibility index (Phi) is 6.21. The molecule has 0 heterocycles. The van der Waals surface area contributed by atoms with Crippen molar-refractivity contribution in [2.24, 2.45) is 0 Å². The van der Waals surface area contributed by atoms with Crippen LogP contribution in [0.2, 0.25) is 0 Å². The van der Waals surface area contributed by atoms with E-state index in [-0.39, 0.29) is 11.9 Å². The van der Waals surface area contributed by atoms with Gasteiger partial charge in [0.1, 0.15) is 0 Å². The molecule has 1 atom stereocenters. The normalized spacial score (nSPS) is 11.9. The zero-order valence-electron chi connectivity index (χ0n) is 14.6. The second-order valence-electron chi connectivity index (χ2n) is 5.67. The molecule has 2 aromatic rings. The van der Waals surface area contributed by atoms with Gasteiger partial charge in [0.05, 0.1) is 20.3 Å². The molecule has 0 saturated carbocycles. The molecule has 0 saturated heterocycles. The van der Waals surface area contributed by atoms with Crippen LogP contribution in [0.4, 0.5) is 0 Å². The van der Waals surface area contributed by atoms with Gasteiger partial charge in [-0.05, 0) is 43.9 Å². The molecule has 0 fully saturated rings. The lowest BCUT2D eigenvalue weighted by molar-refractivity contribution is 0.0942. The first-order valence-corrected chi connectivity index (χ1v) is 7.78. The molecule has 1 unspecified atom stereocenters. The smallest absolute Gasteiger partial charge is 0.251 e.